The number of urea groups is 1. The molecule has 8 heteroatoms. The second-order valence-electron chi connectivity index (χ2n) is 5.28. The highest BCUT2D eigenvalue weighted by atomic mass is 28.4. The molecular formula is C16H34N2O5Si. The number of unbranched alkanes of at least 4 members (excludes halogenated alkanes) is 3. The van der Waals surface area contributed by atoms with E-state index in [0.717, 1.165) is 32.0 Å². The molecule has 0 aliphatic carbocycles. The Morgan fingerprint density at radius 1 is 0.875 bits per heavy atom. The minimum atomic E-state index is -2.61. The second kappa shape index (κ2) is 15.6. The number of carbonyl (C=O) groups is 2. The molecule has 0 aliphatic rings. The molecule has 0 fully saturated rings. The molecule has 2 amide bonds. The Morgan fingerprint density at radius 2 is 1.42 bits per heavy atom. The van der Waals surface area contributed by atoms with Gasteiger partial charge in [-0.15, -0.1) is 0 Å². The topological polar surface area (TPSA) is 85.9 Å². The standard InChI is InChI=1S/C16H34N2O5Si/c1-4-21-24(22-5-2,23-6-3)15-11-13-18-16(20)17-12-9-7-8-10-14-19/h14H,4-13,15H2,1-3H3,(H2,17,18,20). The molecule has 2 N–H and O–H groups in total. The number of nitrogens with one attached hydrogen (secondary N) is 2. The lowest BCUT2D eigenvalue weighted by atomic mass is 10.2. The fourth-order valence-electron chi connectivity index (χ4n) is 2.30. The smallest absolute Gasteiger partial charge is 0.374 e. The third-order valence-electron chi connectivity index (χ3n) is 3.32. The van der Waals surface area contributed by atoms with Crippen molar-refractivity contribution in [3.8, 4) is 0 Å². The monoisotopic (exact) mass is 362 g/mol. The number of hydrogen-bond donors (Lipinski definition) is 2. The Hall–Kier alpha value is -0.963. The maximum Gasteiger partial charge on any atom is 0.500 e. The number of rotatable bonds is 16. The Labute approximate surface area is 147 Å². The molecule has 0 rings (SSSR count). The maximum absolute atomic E-state index is 11.7. The first-order valence-electron chi connectivity index (χ1n) is 9.01. The second-order valence-corrected chi connectivity index (χ2v) is 8.02. The van der Waals surface area contributed by atoms with Crippen LogP contribution in [0.5, 0.6) is 0 Å². The first-order valence-corrected chi connectivity index (χ1v) is 10.9. The van der Waals surface area contributed by atoms with Crippen molar-refractivity contribution >= 4 is 21.1 Å². The van der Waals surface area contributed by atoms with Crippen molar-refractivity contribution in [2.45, 2.75) is 58.9 Å². The molecule has 0 unspecified atom stereocenters. The molecule has 0 radical (unpaired) electrons. The predicted molar refractivity (Wildman–Crippen MR) is 96.0 cm³/mol. The molecule has 0 atom stereocenters. The van der Waals surface area contributed by atoms with E-state index in [9.17, 15) is 9.59 Å². The van der Waals surface area contributed by atoms with Crippen molar-refractivity contribution in [3.63, 3.8) is 0 Å². The summed E-state index contributed by atoms with van der Waals surface area (Å²) in [6, 6.07) is 0.524. The molecule has 0 saturated heterocycles. The summed E-state index contributed by atoms with van der Waals surface area (Å²) in [7, 11) is -2.61. The van der Waals surface area contributed by atoms with Crippen LogP contribution < -0.4 is 10.6 Å². The molecule has 0 spiro atoms. The Bertz CT molecular complexity index is 315. The van der Waals surface area contributed by atoms with E-state index >= 15 is 0 Å². The van der Waals surface area contributed by atoms with Gasteiger partial charge >= 0.3 is 14.8 Å². The Balaban J connectivity index is 3.89. The lowest BCUT2D eigenvalue weighted by molar-refractivity contribution is -0.107. The summed E-state index contributed by atoms with van der Waals surface area (Å²) in [5.74, 6) is 0. The molecule has 0 heterocycles. The highest BCUT2D eigenvalue weighted by molar-refractivity contribution is 6.60. The first kappa shape index (κ1) is 23.0. The predicted octanol–water partition coefficient (Wildman–Crippen LogP) is 2.48. The van der Waals surface area contributed by atoms with Crippen LogP contribution in [0.1, 0.15) is 52.9 Å². The van der Waals surface area contributed by atoms with Crippen LogP contribution >= 0.6 is 0 Å². The van der Waals surface area contributed by atoms with Gasteiger partial charge in [0.05, 0.1) is 0 Å². The largest absolute Gasteiger partial charge is 0.500 e. The van der Waals surface area contributed by atoms with Crippen LogP contribution in [0.2, 0.25) is 6.04 Å². The zero-order valence-corrected chi connectivity index (χ0v) is 16.4. The van der Waals surface area contributed by atoms with E-state index in [4.69, 9.17) is 13.3 Å². The molecule has 0 saturated carbocycles. The summed E-state index contributed by atoms with van der Waals surface area (Å²) in [5, 5.41) is 5.64. The number of aldehydes is 1. The average Bonchev–Trinajstić information content (AvgIpc) is 2.56. The zero-order valence-electron chi connectivity index (χ0n) is 15.4. The van der Waals surface area contributed by atoms with Crippen molar-refractivity contribution in [1.29, 1.82) is 0 Å². The molecule has 0 aliphatic heterocycles. The molecular weight excluding hydrogens is 328 g/mol. The van der Waals surface area contributed by atoms with Gasteiger partial charge in [0, 0.05) is 45.4 Å². The Kier molecular flexibility index (Phi) is 14.9. The van der Waals surface area contributed by atoms with Crippen LogP contribution in [0.3, 0.4) is 0 Å². The van der Waals surface area contributed by atoms with Crippen LogP contribution in [0, 0.1) is 0 Å². The lowest BCUT2D eigenvalue weighted by Crippen LogP contribution is -2.46. The Morgan fingerprint density at radius 3 is 1.92 bits per heavy atom. The van der Waals surface area contributed by atoms with E-state index in [1.807, 2.05) is 20.8 Å². The van der Waals surface area contributed by atoms with Gasteiger partial charge in [0.15, 0.2) is 0 Å². The summed E-state index contributed by atoms with van der Waals surface area (Å²) in [5.41, 5.74) is 0. The molecule has 0 bridgehead atoms. The fraction of sp³-hybridized carbons (Fsp3) is 0.875. The van der Waals surface area contributed by atoms with Gasteiger partial charge in [0.25, 0.3) is 0 Å². The zero-order chi connectivity index (χ0) is 18.1. The average molecular weight is 363 g/mol. The summed E-state index contributed by atoms with van der Waals surface area (Å²) in [4.78, 5) is 21.9. The summed E-state index contributed by atoms with van der Waals surface area (Å²) >= 11 is 0. The third-order valence-corrected chi connectivity index (χ3v) is 6.47. The van der Waals surface area contributed by atoms with Crippen LogP contribution in [0.15, 0.2) is 0 Å². The van der Waals surface area contributed by atoms with Crippen molar-refractivity contribution in [1.82, 2.24) is 10.6 Å². The molecule has 0 aromatic carbocycles. The van der Waals surface area contributed by atoms with Gasteiger partial charge in [-0.25, -0.2) is 4.79 Å². The molecule has 0 aromatic heterocycles. The SMILES string of the molecule is CCO[Si](CCCNC(=O)NCCCCCC=O)(OCC)OCC. The van der Waals surface area contributed by atoms with Gasteiger partial charge in [-0.1, -0.05) is 6.42 Å². The fourth-order valence-corrected chi connectivity index (χ4v) is 4.91. The normalized spacial score (nSPS) is 11.3. The van der Waals surface area contributed by atoms with Gasteiger partial charge in [0.2, 0.25) is 0 Å². The van der Waals surface area contributed by atoms with Gasteiger partial charge in [0.1, 0.15) is 6.29 Å². The van der Waals surface area contributed by atoms with Crippen LogP contribution in [0.25, 0.3) is 0 Å². The quantitative estimate of drug-likeness (QED) is 0.250. The van der Waals surface area contributed by atoms with E-state index in [-0.39, 0.29) is 6.03 Å². The van der Waals surface area contributed by atoms with Gasteiger partial charge in [-0.3, -0.25) is 0 Å². The minimum Gasteiger partial charge on any atom is -0.374 e. The van der Waals surface area contributed by atoms with E-state index in [1.54, 1.807) is 0 Å². The molecule has 7 nitrogen and oxygen atoms in total. The molecule has 0 aromatic rings. The van der Waals surface area contributed by atoms with Crippen molar-refractivity contribution in [2.24, 2.45) is 0 Å². The van der Waals surface area contributed by atoms with Crippen molar-refractivity contribution in [3.05, 3.63) is 0 Å². The van der Waals surface area contributed by atoms with Crippen LogP contribution in [0.4, 0.5) is 4.79 Å². The number of hydrogen-bond acceptors (Lipinski definition) is 5. The molecule has 24 heavy (non-hydrogen) atoms. The summed E-state index contributed by atoms with van der Waals surface area (Å²) in [6.45, 7) is 8.65. The number of amides is 2. The first-order chi connectivity index (χ1) is 11.6. The summed E-state index contributed by atoms with van der Waals surface area (Å²) < 4.78 is 17.3. The van der Waals surface area contributed by atoms with Gasteiger partial charge < -0.3 is 28.7 Å². The maximum atomic E-state index is 11.7. The van der Waals surface area contributed by atoms with E-state index in [1.165, 1.54) is 0 Å². The van der Waals surface area contributed by atoms with E-state index < -0.39 is 8.80 Å². The van der Waals surface area contributed by atoms with E-state index in [0.29, 0.717) is 45.4 Å². The van der Waals surface area contributed by atoms with Crippen LogP contribution in [-0.4, -0.2) is 54.0 Å². The van der Waals surface area contributed by atoms with Crippen molar-refractivity contribution in [2.75, 3.05) is 32.9 Å². The lowest BCUT2D eigenvalue weighted by Gasteiger charge is -2.28. The van der Waals surface area contributed by atoms with E-state index in [2.05, 4.69) is 10.6 Å². The van der Waals surface area contributed by atoms with Crippen molar-refractivity contribution < 1.29 is 22.9 Å². The van der Waals surface area contributed by atoms with Gasteiger partial charge in [-0.05, 0) is 40.0 Å². The third kappa shape index (κ3) is 11.6. The molecule has 142 valence electrons. The highest BCUT2D eigenvalue weighted by Gasteiger charge is 2.39. The number of carbonyl (C=O) groups excluding carboxylic acids is 2. The minimum absolute atomic E-state index is 0.165. The van der Waals surface area contributed by atoms with Gasteiger partial charge in [-0.2, -0.15) is 0 Å². The summed E-state index contributed by atoms with van der Waals surface area (Å²) in [6.07, 6.45) is 4.98. The highest BCUT2D eigenvalue weighted by Crippen LogP contribution is 2.17. The van der Waals surface area contributed by atoms with Crippen LogP contribution in [-0.2, 0) is 18.1 Å².